The Bertz CT molecular complexity index is 1060. The molecule has 0 spiro atoms. The summed E-state index contributed by atoms with van der Waals surface area (Å²) in [6.45, 7) is 11.2. The van der Waals surface area contributed by atoms with Gasteiger partial charge >= 0.3 is 5.97 Å². The van der Waals surface area contributed by atoms with Crippen molar-refractivity contribution in [3.05, 3.63) is 36.0 Å². The first-order valence-corrected chi connectivity index (χ1v) is 18.6. The van der Waals surface area contributed by atoms with Crippen LogP contribution in [0.1, 0.15) is 99.3 Å². The standard InChI is InChI=1S/C39H68O11/c1-23(13-17-37(43)44)12-15-29(40)19-30-10-9-11-31(50-30)21-36(48-8)26(4)34(41)22-35(42)27(5)39(46)28(6)38(45)24(2)14-16-32-20-33(47-7)18-25(3)49-32/h9-10,12-13,17,24-36,38-42,45-46H,11,14-16,18-22H2,1-8H3,(H,43,44)/b17-13+,23-12+/t24-,25-,26-,27-,28-,29-,30?,31-,32-,33+,34-,35+,36-,38-,39-/m0/s1. The van der Waals surface area contributed by atoms with Crippen LogP contribution in [-0.2, 0) is 23.7 Å². The smallest absolute Gasteiger partial charge is 0.328 e. The third-order valence-corrected chi connectivity index (χ3v) is 10.9. The molecule has 0 aromatic rings. The second kappa shape index (κ2) is 22.4. The van der Waals surface area contributed by atoms with Crippen molar-refractivity contribution in [2.24, 2.45) is 23.7 Å². The zero-order valence-electron chi connectivity index (χ0n) is 31.6. The Balaban J connectivity index is 1.84. The third kappa shape index (κ3) is 15.1. The average Bonchev–Trinajstić information content (AvgIpc) is 3.09. The number of carbonyl (C=O) groups is 1. The summed E-state index contributed by atoms with van der Waals surface area (Å²) in [5.74, 6) is -2.50. The zero-order chi connectivity index (χ0) is 37.5. The van der Waals surface area contributed by atoms with E-state index in [1.54, 1.807) is 41.1 Å². The van der Waals surface area contributed by atoms with Crippen LogP contribution in [0, 0.1) is 23.7 Å². The SMILES string of the molecule is CO[C@H]1C[C@H](CC[C@H](C)[C@H](O)[C@H](C)[C@@H](O)[C@@H](C)[C@H](O)C[C@H](O)[C@H](C)[C@H](C[C@@H]2CC=CC(C[C@@H](O)C/C=C(C)/C=C/C(=O)O)O2)OC)O[C@@H](C)C1. The molecule has 6 N–H and O–H groups in total. The predicted molar refractivity (Wildman–Crippen MR) is 193 cm³/mol. The van der Waals surface area contributed by atoms with Crippen molar-refractivity contribution in [3.63, 3.8) is 0 Å². The fourth-order valence-corrected chi connectivity index (χ4v) is 7.31. The fourth-order valence-electron chi connectivity index (χ4n) is 7.31. The molecule has 15 atom stereocenters. The number of rotatable bonds is 22. The molecule has 11 nitrogen and oxygen atoms in total. The number of ether oxygens (including phenoxy) is 4. The van der Waals surface area contributed by atoms with Gasteiger partial charge in [0.1, 0.15) is 0 Å². The van der Waals surface area contributed by atoms with Crippen molar-refractivity contribution in [1.29, 1.82) is 0 Å². The molecule has 0 aromatic carbocycles. The first-order chi connectivity index (χ1) is 23.6. The summed E-state index contributed by atoms with van der Waals surface area (Å²) in [5, 5.41) is 63.8. The number of carboxylic acid groups (broad SMARTS) is 1. The molecule has 2 heterocycles. The Labute approximate surface area is 300 Å². The van der Waals surface area contributed by atoms with Gasteiger partial charge in [-0.1, -0.05) is 57.6 Å². The van der Waals surface area contributed by atoms with Crippen LogP contribution in [-0.4, -0.2) is 118 Å². The summed E-state index contributed by atoms with van der Waals surface area (Å²) >= 11 is 0. The minimum Gasteiger partial charge on any atom is -0.478 e. The van der Waals surface area contributed by atoms with Crippen LogP contribution in [0.15, 0.2) is 36.0 Å². The zero-order valence-corrected chi connectivity index (χ0v) is 31.6. The van der Waals surface area contributed by atoms with Crippen LogP contribution in [0.5, 0.6) is 0 Å². The summed E-state index contributed by atoms with van der Waals surface area (Å²) in [7, 11) is 3.32. The highest BCUT2D eigenvalue weighted by molar-refractivity contribution is 5.80. The minimum atomic E-state index is -1.02. The van der Waals surface area contributed by atoms with Crippen LogP contribution in [0.25, 0.3) is 0 Å². The van der Waals surface area contributed by atoms with Gasteiger partial charge in [-0.3, -0.25) is 0 Å². The van der Waals surface area contributed by atoms with E-state index in [9.17, 15) is 30.3 Å². The van der Waals surface area contributed by atoms with E-state index in [1.807, 2.05) is 26.0 Å². The number of allylic oxidation sites excluding steroid dienone is 2. The van der Waals surface area contributed by atoms with Crippen LogP contribution >= 0.6 is 0 Å². The maximum Gasteiger partial charge on any atom is 0.328 e. The quantitative estimate of drug-likeness (QED) is 0.0527. The lowest BCUT2D eigenvalue weighted by Crippen LogP contribution is -2.43. The van der Waals surface area contributed by atoms with Crippen molar-refractivity contribution >= 4 is 5.97 Å². The van der Waals surface area contributed by atoms with Crippen molar-refractivity contribution < 1.29 is 54.4 Å². The van der Waals surface area contributed by atoms with Gasteiger partial charge in [-0.2, -0.15) is 0 Å². The summed E-state index contributed by atoms with van der Waals surface area (Å²) < 4.78 is 23.7. The van der Waals surface area contributed by atoms with Crippen molar-refractivity contribution in [3.8, 4) is 0 Å². The van der Waals surface area contributed by atoms with Gasteiger partial charge in [0.15, 0.2) is 0 Å². The molecule has 0 aliphatic carbocycles. The van der Waals surface area contributed by atoms with E-state index in [0.29, 0.717) is 25.7 Å². The lowest BCUT2D eigenvalue weighted by atomic mass is 9.79. The summed E-state index contributed by atoms with van der Waals surface area (Å²) in [4.78, 5) is 10.7. The molecule has 0 aromatic heterocycles. The monoisotopic (exact) mass is 712 g/mol. The van der Waals surface area contributed by atoms with Crippen molar-refractivity contribution in [2.45, 2.75) is 166 Å². The molecular weight excluding hydrogens is 644 g/mol. The Morgan fingerprint density at radius 2 is 1.58 bits per heavy atom. The maximum atomic E-state index is 11.2. The number of aliphatic hydroxyl groups excluding tert-OH is 5. The van der Waals surface area contributed by atoms with E-state index < -0.39 is 48.3 Å². The van der Waals surface area contributed by atoms with E-state index in [1.165, 1.54) is 6.08 Å². The highest BCUT2D eigenvalue weighted by Gasteiger charge is 2.37. The van der Waals surface area contributed by atoms with E-state index in [-0.39, 0.29) is 54.9 Å². The van der Waals surface area contributed by atoms with Gasteiger partial charge in [-0.15, -0.1) is 0 Å². The largest absolute Gasteiger partial charge is 0.478 e. The molecule has 0 radical (unpaired) electrons. The number of hydrogen-bond donors (Lipinski definition) is 6. The van der Waals surface area contributed by atoms with E-state index >= 15 is 0 Å². The summed E-state index contributed by atoms with van der Waals surface area (Å²) in [6, 6.07) is 0. The first kappa shape index (κ1) is 44.5. The maximum absolute atomic E-state index is 11.2. The number of carboxylic acids is 1. The molecular formula is C39H68O11. The lowest BCUT2D eigenvalue weighted by Gasteiger charge is -2.37. The van der Waals surface area contributed by atoms with E-state index in [0.717, 1.165) is 37.3 Å². The molecule has 11 heteroatoms. The Hall–Kier alpha value is -1.67. The highest BCUT2D eigenvalue weighted by Crippen LogP contribution is 2.31. The van der Waals surface area contributed by atoms with Crippen LogP contribution in [0.4, 0.5) is 0 Å². The third-order valence-electron chi connectivity index (χ3n) is 10.9. The minimum absolute atomic E-state index is 0.0460. The van der Waals surface area contributed by atoms with Crippen molar-refractivity contribution in [2.75, 3.05) is 14.2 Å². The number of methoxy groups -OCH3 is 2. The van der Waals surface area contributed by atoms with Crippen LogP contribution in [0.2, 0.25) is 0 Å². The second-order valence-electron chi connectivity index (χ2n) is 15.1. The molecule has 2 aliphatic rings. The molecule has 290 valence electrons. The molecule has 1 unspecified atom stereocenters. The molecule has 0 amide bonds. The topological polar surface area (TPSA) is 175 Å². The second-order valence-corrected chi connectivity index (χ2v) is 15.1. The molecule has 2 aliphatic heterocycles. The average molecular weight is 713 g/mol. The molecule has 50 heavy (non-hydrogen) atoms. The molecule has 2 rings (SSSR count). The number of aliphatic hydroxyl groups is 5. The normalized spacial score (nSPS) is 29.5. The number of aliphatic carboxylic acids is 1. The Morgan fingerprint density at radius 3 is 2.22 bits per heavy atom. The lowest BCUT2D eigenvalue weighted by molar-refractivity contribution is -0.131. The summed E-state index contributed by atoms with van der Waals surface area (Å²) in [6.07, 6.45) is 8.81. The molecule has 1 fully saturated rings. The molecule has 0 bridgehead atoms. The van der Waals surface area contributed by atoms with Gasteiger partial charge < -0.3 is 49.6 Å². The van der Waals surface area contributed by atoms with E-state index in [4.69, 9.17) is 24.1 Å². The van der Waals surface area contributed by atoms with Crippen LogP contribution < -0.4 is 0 Å². The Kier molecular flexibility index (Phi) is 19.9. The Morgan fingerprint density at radius 1 is 0.900 bits per heavy atom. The molecule has 0 saturated carbocycles. The molecule has 1 saturated heterocycles. The van der Waals surface area contributed by atoms with E-state index in [2.05, 4.69) is 6.92 Å². The van der Waals surface area contributed by atoms with Gasteiger partial charge in [-0.25, -0.2) is 4.79 Å². The van der Waals surface area contributed by atoms with Crippen LogP contribution in [0.3, 0.4) is 0 Å². The number of hydrogen-bond acceptors (Lipinski definition) is 10. The van der Waals surface area contributed by atoms with Crippen molar-refractivity contribution in [1.82, 2.24) is 0 Å². The van der Waals surface area contributed by atoms with Gasteiger partial charge in [0.05, 0.1) is 67.1 Å². The van der Waals surface area contributed by atoms with Gasteiger partial charge in [0, 0.05) is 50.9 Å². The summed E-state index contributed by atoms with van der Waals surface area (Å²) in [5.41, 5.74) is 0.753. The first-order valence-electron chi connectivity index (χ1n) is 18.6. The van der Waals surface area contributed by atoms with Gasteiger partial charge in [0.2, 0.25) is 0 Å². The van der Waals surface area contributed by atoms with Gasteiger partial charge in [-0.05, 0) is 64.7 Å². The fraction of sp³-hybridized carbons (Fsp3) is 0.821. The predicted octanol–water partition coefficient (Wildman–Crippen LogP) is 4.57. The van der Waals surface area contributed by atoms with Gasteiger partial charge in [0.25, 0.3) is 0 Å². The highest BCUT2D eigenvalue weighted by atomic mass is 16.5.